The van der Waals surface area contributed by atoms with E-state index in [9.17, 15) is 5.26 Å². The van der Waals surface area contributed by atoms with E-state index < -0.39 is 5.60 Å². The topological polar surface area (TPSA) is 53.2 Å². The van der Waals surface area contributed by atoms with Crippen molar-refractivity contribution in [1.82, 2.24) is 0 Å². The van der Waals surface area contributed by atoms with E-state index in [0.717, 1.165) is 22.0 Å². The number of hydrogen-bond donors (Lipinski definition) is 1. The molecule has 0 radical (unpaired) electrons. The molecule has 0 fully saturated rings. The van der Waals surface area contributed by atoms with Gasteiger partial charge in [-0.2, -0.15) is 5.26 Å². The van der Waals surface area contributed by atoms with Gasteiger partial charge in [0.2, 0.25) is 0 Å². The number of aliphatic hydroxyl groups excluding tert-OH is 1. The Bertz CT molecular complexity index is 455. The van der Waals surface area contributed by atoms with Gasteiger partial charge in [-0.15, -0.1) is 0 Å². The highest BCUT2D eigenvalue weighted by atomic mass is 79.9. The molecule has 1 aromatic rings. The van der Waals surface area contributed by atoms with E-state index in [2.05, 4.69) is 22.0 Å². The molecule has 0 aliphatic heterocycles. The zero-order valence-electron chi connectivity index (χ0n) is 9.45. The van der Waals surface area contributed by atoms with Crippen LogP contribution in [0.4, 0.5) is 0 Å². The van der Waals surface area contributed by atoms with Gasteiger partial charge in [-0.1, -0.05) is 28.1 Å². The third-order valence-corrected chi connectivity index (χ3v) is 3.86. The van der Waals surface area contributed by atoms with E-state index in [-0.39, 0.29) is 6.61 Å². The Morgan fingerprint density at radius 1 is 1.53 bits per heavy atom. The maximum absolute atomic E-state index is 9.40. The second-order valence-electron chi connectivity index (χ2n) is 4.13. The van der Waals surface area contributed by atoms with Crippen LogP contribution in [0.2, 0.25) is 0 Å². The molecule has 4 heteroatoms. The van der Waals surface area contributed by atoms with Crippen LogP contribution in [0.5, 0.6) is 0 Å². The monoisotopic (exact) mass is 295 g/mol. The number of hydrogen-bond acceptors (Lipinski definition) is 3. The van der Waals surface area contributed by atoms with Gasteiger partial charge >= 0.3 is 0 Å². The Balaban J connectivity index is 2.28. The van der Waals surface area contributed by atoms with Crippen molar-refractivity contribution in [3.8, 4) is 6.07 Å². The molecule has 0 aromatic heterocycles. The first-order chi connectivity index (χ1) is 8.23. The van der Waals surface area contributed by atoms with Gasteiger partial charge in [-0.25, -0.2) is 0 Å². The zero-order valence-corrected chi connectivity index (χ0v) is 11.0. The summed E-state index contributed by atoms with van der Waals surface area (Å²) in [5.74, 6) is 0. The highest BCUT2D eigenvalue weighted by Crippen LogP contribution is 2.42. The Labute approximate surface area is 109 Å². The molecule has 1 aromatic carbocycles. The molecule has 1 unspecified atom stereocenters. The van der Waals surface area contributed by atoms with Crippen LogP contribution in [0, 0.1) is 11.3 Å². The SMILES string of the molecule is N#CC1(OCCCO)CCc2c(Br)cccc21. The van der Waals surface area contributed by atoms with Crippen molar-refractivity contribution in [1.29, 1.82) is 5.26 Å². The summed E-state index contributed by atoms with van der Waals surface area (Å²) in [6.45, 7) is 0.503. The Hall–Kier alpha value is -0.890. The molecule has 90 valence electrons. The number of aliphatic hydroxyl groups is 1. The average Bonchev–Trinajstić information content (AvgIpc) is 2.71. The number of ether oxygens (including phenoxy) is 1. The minimum atomic E-state index is -0.825. The van der Waals surface area contributed by atoms with Crippen molar-refractivity contribution >= 4 is 15.9 Å². The molecule has 3 nitrogen and oxygen atoms in total. The summed E-state index contributed by atoms with van der Waals surface area (Å²) >= 11 is 3.51. The van der Waals surface area contributed by atoms with Crippen molar-refractivity contribution in [2.24, 2.45) is 0 Å². The second kappa shape index (κ2) is 5.18. The molecule has 0 amide bonds. The number of benzene rings is 1. The van der Waals surface area contributed by atoms with Gasteiger partial charge in [0.25, 0.3) is 0 Å². The summed E-state index contributed by atoms with van der Waals surface area (Å²) < 4.78 is 6.76. The predicted octanol–water partition coefficient (Wildman–Crippen LogP) is 2.51. The third kappa shape index (κ3) is 2.23. The lowest BCUT2D eigenvalue weighted by Crippen LogP contribution is -2.25. The standard InChI is InChI=1S/C13H14BrNO2/c14-12-4-1-3-11-10(12)5-6-13(11,9-15)17-8-2-7-16/h1,3-4,16H,2,5-8H2. The van der Waals surface area contributed by atoms with E-state index in [1.807, 2.05) is 18.2 Å². The summed E-state index contributed by atoms with van der Waals surface area (Å²) in [5, 5.41) is 18.2. The van der Waals surface area contributed by atoms with Crippen LogP contribution in [-0.4, -0.2) is 18.3 Å². The highest BCUT2D eigenvalue weighted by Gasteiger charge is 2.40. The molecule has 0 heterocycles. The molecule has 1 aliphatic rings. The van der Waals surface area contributed by atoms with Gasteiger partial charge in [0.15, 0.2) is 5.60 Å². The minimum absolute atomic E-state index is 0.0901. The third-order valence-electron chi connectivity index (χ3n) is 3.11. The minimum Gasteiger partial charge on any atom is -0.396 e. The molecular weight excluding hydrogens is 282 g/mol. The van der Waals surface area contributed by atoms with Crippen LogP contribution in [0.3, 0.4) is 0 Å². The number of halogens is 1. The second-order valence-corrected chi connectivity index (χ2v) is 4.98. The van der Waals surface area contributed by atoms with Crippen LogP contribution in [0.15, 0.2) is 22.7 Å². The normalized spacial score (nSPS) is 22.2. The van der Waals surface area contributed by atoms with Crippen molar-refractivity contribution in [2.75, 3.05) is 13.2 Å². The lowest BCUT2D eigenvalue weighted by Gasteiger charge is -2.22. The molecular formula is C13H14BrNO2. The molecule has 1 N–H and O–H groups in total. The van der Waals surface area contributed by atoms with Crippen LogP contribution in [-0.2, 0) is 16.8 Å². The molecule has 1 atom stereocenters. The number of fused-ring (bicyclic) bond motifs is 1. The lowest BCUT2D eigenvalue weighted by atomic mass is 9.97. The van der Waals surface area contributed by atoms with Gasteiger partial charge < -0.3 is 9.84 Å². The molecule has 0 spiro atoms. The Morgan fingerprint density at radius 3 is 3.06 bits per heavy atom. The summed E-state index contributed by atoms with van der Waals surface area (Å²) in [5.41, 5.74) is 1.30. The molecule has 2 rings (SSSR count). The van der Waals surface area contributed by atoms with Crippen molar-refractivity contribution in [3.63, 3.8) is 0 Å². The van der Waals surface area contributed by atoms with Gasteiger partial charge in [0.1, 0.15) is 6.07 Å². The Kier molecular flexibility index (Phi) is 3.82. The predicted molar refractivity (Wildman–Crippen MR) is 67.4 cm³/mol. The summed E-state index contributed by atoms with van der Waals surface area (Å²) in [4.78, 5) is 0. The number of rotatable bonds is 4. The van der Waals surface area contributed by atoms with Gasteiger partial charge in [0, 0.05) is 16.6 Å². The van der Waals surface area contributed by atoms with Gasteiger partial charge in [-0.3, -0.25) is 0 Å². The van der Waals surface area contributed by atoms with E-state index >= 15 is 0 Å². The largest absolute Gasteiger partial charge is 0.396 e. The molecule has 1 aliphatic carbocycles. The first kappa shape index (κ1) is 12.6. The van der Waals surface area contributed by atoms with Crippen molar-refractivity contribution in [3.05, 3.63) is 33.8 Å². The van der Waals surface area contributed by atoms with Gasteiger partial charge in [0.05, 0.1) is 6.61 Å². The van der Waals surface area contributed by atoms with Crippen LogP contribution >= 0.6 is 15.9 Å². The molecule has 0 saturated carbocycles. The molecule has 0 saturated heterocycles. The quantitative estimate of drug-likeness (QED) is 0.869. The summed E-state index contributed by atoms with van der Waals surface area (Å²) in [6.07, 6.45) is 2.10. The smallest absolute Gasteiger partial charge is 0.180 e. The van der Waals surface area contributed by atoms with Gasteiger partial charge in [-0.05, 0) is 30.9 Å². The van der Waals surface area contributed by atoms with E-state index in [1.165, 1.54) is 0 Å². The van der Waals surface area contributed by atoms with Crippen LogP contribution in [0.25, 0.3) is 0 Å². The maximum atomic E-state index is 9.40. The van der Waals surface area contributed by atoms with Crippen molar-refractivity contribution in [2.45, 2.75) is 24.9 Å². The molecule has 17 heavy (non-hydrogen) atoms. The van der Waals surface area contributed by atoms with Crippen LogP contribution < -0.4 is 0 Å². The van der Waals surface area contributed by atoms with E-state index in [4.69, 9.17) is 9.84 Å². The average molecular weight is 296 g/mol. The lowest BCUT2D eigenvalue weighted by molar-refractivity contribution is -0.0107. The summed E-state index contributed by atoms with van der Waals surface area (Å²) in [6, 6.07) is 8.16. The zero-order chi connectivity index (χ0) is 12.3. The van der Waals surface area contributed by atoms with Crippen molar-refractivity contribution < 1.29 is 9.84 Å². The van der Waals surface area contributed by atoms with Crippen LogP contribution in [0.1, 0.15) is 24.0 Å². The highest BCUT2D eigenvalue weighted by molar-refractivity contribution is 9.10. The van der Waals surface area contributed by atoms with E-state index in [1.54, 1.807) is 0 Å². The molecule has 0 bridgehead atoms. The fourth-order valence-electron chi connectivity index (χ4n) is 2.24. The van der Waals surface area contributed by atoms with E-state index in [0.29, 0.717) is 19.4 Å². The maximum Gasteiger partial charge on any atom is 0.180 e. The number of nitrogens with zero attached hydrogens (tertiary/aromatic N) is 1. The fourth-order valence-corrected chi connectivity index (χ4v) is 2.80. The Morgan fingerprint density at radius 2 is 2.35 bits per heavy atom. The number of nitriles is 1. The fraction of sp³-hybridized carbons (Fsp3) is 0.462. The first-order valence-corrected chi connectivity index (χ1v) is 6.47. The first-order valence-electron chi connectivity index (χ1n) is 5.67. The summed E-state index contributed by atoms with van der Waals surface area (Å²) in [7, 11) is 0.